The summed E-state index contributed by atoms with van der Waals surface area (Å²) in [4.78, 5) is 6.75. The standard InChI is InChI=1S/C14H25N3O/c1-5-18-10-9-17(4)14-8-6-7-13(16-14)11-15-12(2)3/h6-8,12,15H,5,9-11H2,1-4H3. The smallest absolute Gasteiger partial charge is 0.128 e. The second kappa shape index (κ2) is 8.06. The highest BCUT2D eigenvalue weighted by Crippen LogP contribution is 2.09. The van der Waals surface area contributed by atoms with E-state index in [4.69, 9.17) is 4.74 Å². The molecule has 0 saturated heterocycles. The third kappa shape index (κ3) is 5.47. The Bertz CT molecular complexity index is 342. The van der Waals surface area contributed by atoms with Gasteiger partial charge in [-0.3, -0.25) is 0 Å². The van der Waals surface area contributed by atoms with Crippen LogP contribution < -0.4 is 10.2 Å². The molecule has 0 aliphatic rings. The molecule has 18 heavy (non-hydrogen) atoms. The third-order valence-electron chi connectivity index (χ3n) is 2.65. The zero-order valence-corrected chi connectivity index (χ0v) is 11.9. The maximum absolute atomic E-state index is 5.35. The van der Waals surface area contributed by atoms with Gasteiger partial charge in [0.2, 0.25) is 0 Å². The van der Waals surface area contributed by atoms with Crippen molar-refractivity contribution in [2.24, 2.45) is 0 Å². The lowest BCUT2D eigenvalue weighted by atomic mass is 10.3. The summed E-state index contributed by atoms with van der Waals surface area (Å²) in [5.74, 6) is 0.998. The average molecular weight is 251 g/mol. The highest BCUT2D eigenvalue weighted by atomic mass is 16.5. The first-order chi connectivity index (χ1) is 8.63. The fourth-order valence-corrected chi connectivity index (χ4v) is 1.55. The summed E-state index contributed by atoms with van der Waals surface area (Å²) in [7, 11) is 2.04. The van der Waals surface area contributed by atoms with E-state index in [2.05, 4.69) is 41.2 Å². The predicted octanol–water partition coefficient (Wildman–Crippen LogP) is 2.05. The van der Waals surface area contributed by atoms with Crippen molar-refractivity contribution in [3.05, 3.63) is 23.9 Å². The Hall–Kier alpha value is -1.13. The molecule has 0 bridgehead atoms. The SMILES string of the molecule is CCOCCN(C)c1cccc(CNC(C)C)n1. The second-order valence-electron chi connectivity index (χ2n) is 4.64. The second-order valence-corrected chi connectivity index (χ2v) is 4.64. The van der Waals surface area contributed by atoms with Crippen LogP contribution in [0.1, 0.15) is 26.5 Å². The van der Waals surface area contributed by atoms with Crippen molar-refractivity contribution in [3.63, 3.8) is 0 Å². The van der Waals surface area contributed by atoms with Crippen LogP contribution in [0, 0.1) is 0 Å². The van der Waals surface area contributed by atoms with Gasteiger partial charge in [0.1, 0.15) is 5.82 Å². The molecule has 1 aromatic rings. The number of hydrogen-bond donors (Lipinski definition) is 1. The molecule has 1 rings (SSSR count). The Morgan fingerprint density at radius 3 is 2.83 bits per heavy atom. The summed E-state index contributed by atoms with van der Waals surface area (Å²) in [6.45, 7) is 9.46. The molecule has 4 nitrogen and oxygen atoms in total. The highest BCUT2D eigenvalue weighted by molar-refractivity contribution is 5.38. The Kier molecular flexibility index (Phi) is 6.68. The number of nitrogens with zero attached hydrogens (tertiary/aromatic N) is 2. The van der Waals surface area contributed by atoms with Crippen molar-refractivity contribution in [1.29, 1.82) is 0 Å². The lowest BCUT2D eigenvalue weighted by Gasteiger charge is -2.18. The highest BCUT2D eigenvalue weighted by Gasteiger charge is 2.03. The number of rotatable bonds is 8. The molecule has 0 amide bonds. The summed E-state index contributed by atoms with van der Waals surface area (Å²) in [5.41, 5.74) is 1.07. The van der Waals surface area contributed by atoms with E-state index in [1.54, 1.807) is 0 Å². The molecule has 0 aromatic carbocycles. The number of nitrogens with one attached hydrogen (secondary N) is 1. The van der Waals surface area contributed by atoms with E-state index in [1.165, 1.54) is 0 Å². The van der Waals surface area contributed by atoms with Gasteiger partial charge in [-0.2, -0.15) is 0 Å². The summed E-state index contributed by atoms with van der Waals surface area (Å²) in [6.07, 6.45) is 0. The van der Waals surface area contributed by atoms with Gasteiger partial charge in [0.05, 0.1) is 12.3 Å². The van der Waals surface area contributed by atoms with Crippen LogP contribution in [0.15, 0.2) is 18.2 Å². The number of pyridine rings is 1. The Labute approximate surface area is 110 Å². The topological polar surface area (TPSA) is 37.4 Å². The van der Waals surface area contributed by atoms with Crippen molar-refractivity contribution in [2.45, 2.75) is 33.4 Å². The van der Waals surface area contributed by atoms with Crippen molar-refractivity contribution in [1.82, 2.24) is 10.3 Å². The lowest BCUT2D eigenvalue weighted by Crippen LogP contribution is -2.25. The molecule has 0 saturated carbocycles. The van der Waals surface area contributed by atoms with Crippen molar-refractivity contribution < 1.29 is 4.74 Å². The molecule has 0 fully saturated rings. The fourth-order valence-electron chi connectivity index (χ4n) is 1.55. The molecule has 102 valence electrons. The van der Waals surface area contributed by atoms with Gasteiger partial charge in [-0.05, 0) is 19.1 Å². The lowest BCUT2D eigenvalue weighted by molar-refractivity contribution is 0.154. The summed E-state index contributed by atoms with van der Waals surface area (Å²) in [6, 6.07) is 6.61. The number of aromatic nitrogens is 1. The van der Waals surface area contributed by atoms with E-state index >= 15 is 0 Å². The molecule has 1 N–H and O–H groups in total. The van der Waals surface area contributed by atoms with Crippen LogP contribution in [-0.4, -0.2) is 37.8 Å². The van der Waals surface area contributed by atoms with Gasteiger partial charge in [0, 0.05) is 32.8 Å². The molecule has 1 aromatic heterocycles. The van der Waals surface area contributed by atoms with Gasteiger partial charge in [0.15, 0.2) is 0 Å². The normalized spacial score (nSPS) is 10.9. The number of anilines is 1. The summed E-state index contributed by atoms with van der Waals surface area (Å²) in [5, 5.41) is 3.37. The molecular formula is C14H25N3O. The van der Waals surface area contributed by atoms with Crippen LogP contribution in [0.25, 0.3) is 0 Å². The van der Waals surface area contributed by atoms with Crippen LogP contribution in [0.3, 0.4) is 0 Å². The van der Waals surface area contributed by atoms with E-state index < -0.39 is 0 Å². The largest absolute Gasteiger partial charge is 0.380 e. The molecular weight excluding hydrogens is 226 g/mol. The third-order valence-corrected chi connectivity index (χ3v) is 2.65. The van der Waals surface area contributed by atoms with Gasteiger partial charge < -0.3 is 15.0 Å². The van der Waals surface area contributed by atoms with Crippen LogP contribution in [-0.2, 0) is 11.3 Å². The minimum absolute atomic E-state index is 0.478. The van der Waals surface area contributed by atoms with E-state index in [0.717, 1.165) is 37.8 Å². The predicted molar refractivity (Wildman–Crippen MR) is 76.0 cm³/mol. The van der Waals surface area contributed by atoms with Crippen LogP contribution in [0.4, 0.5) is 5.82 Å². The fraction of sp³-hybridized carbons (Fsp3) is 0.643. The maximum atomic E-state index is 5.35. The minimum atomic E-state index is 0.478. The van der Waals surface area contributed by atoms with Gasteiger partial charge in [-0.15, -0.1) is 0 Å². The molecule has 4 heteroatoms. The first-order valence-electron chi connectivity index (χ1n) is 6.61. The number of hydrogen-bond acceptors (Lipinski definition) is 4. The quantitative estimate of drug-likeness (QED) is 0.718. The maximum Gasteiger partial charge on any atom is 0.128 e. The summed E-state index contributed by atoms with van der Waals surface area (Å²) >= 11 is 0. The molecule has 0 radical (unpaired) electrons. The van der Waals surface area contributed by atoms with E-state index in [0.29, 0.717) is 6.04 Å². The molecule has 1 heterocycles. The molecule has 0 unspecified atom stereocenters. The molecule has 0 aliphatic heterocycles. The van der Waals surface area contributed by atoms with Crippen molar-refractivity contribution in [3.8, 4) is 0 Å². The Morgan fingerprint density at radius 1 is 1.39 bits per heavy atom. The monoisotopic (exact) mass is 251 g/mol. The minimum Gasteiger partial charge on any atom is -0.380 e. The van der Waals surface area contributed by atoms with Crippen LogP contribution in [0.5, 0.6) is 0 Å². The Balaban J connectivity index is 2.52. The van der Waals surface area contributed by atoms with Crippen molar-refractivity contribution in [2.75, 3.05) is 31.7 Å². The first kappa shape index (κ1) is 14.9. The van der Waals surface area contributed by atoms with Gasteiger partial charge in [-0.25, -0.2) is 4.98 Å². The van der Waals surface area contributed by atoms with E-state index in [1.807, 2.05) is 20.0 Å². The number of likely N-dealkylation sites (N-methyl/N-ethyl adjacent to an activating group) is 1. The van der Waals surface area contributed by atoms with Crippen LogP contribution in [0.2, 0.25) is 0 Å². The van der Waals surface area contributed by atoms with Crippen LogP contribution >= 0.6 is 0 Å². The van der Waals surface area contributed by atoms with Crippen molar-refractivity contribution >= 4 is 5.82 Å². The summed E-state index contributed by atoms with van der Waals surface area (Å²) < 4.78 is 5.35. The molecule has 0 atom stereocenters. The number of ether oxygens (including phenoxy) is 1. The molecule has 0 aliphatic carbocycles. The zero-order valence-electron chi connectivity index (χ0n) is 11.9. The van der Waals surface area contributed by atoms with E-state index in [-0.39, 0.29) is 0 Å². The van der Waals surface area contributed by atoms with Gasteiger partial charge >= 0.3 is 0 Å². The first-order valence-corrected chi connectivity index (χ1v) is 6.61. The van der Waals surface area contributed by atoms with E-state index in [9.17, 15) is 0 Å². The van der Waals surface area contributed by atoms with Gasteiger partial charge in [0.25, 0.3) is 0 Å². The molecule has 0 spiro atoms. The van der Waals surface area contributed by atoms with Gasteiger partial charge in [-0.1, -0.05) is 19.9 Å². The zero-order chi connectivity index (χ0) is 13.4. The Morgan fingerprint density at radius 2 is 2.17 bits per heavy atom. The average Bonchev–Trinajstić information content (AvgIpc) is 2.37.